The van der Waals surface area contributed by atoms with Gasteiger partial charge in [0.15, 0.2) is 0 Å². The maximum absolute atomic E-state index is 9.60. The van der Waals surface area contributed by atoms with Gasteiger partial charge in [0.25, 0.3) is 5.97 Å². The Labute approximate surface area is 199 Å². The van der Waals surface area contributed by atoms with Gasteiger partial charge in [0.1, 0.15) is 12.2 Å². The highest BCUT2D eigenvalue weighted by atomic mass is 16.4. The normalized spacial score (nSPS) is 8.59. The molecule has 14 heteroatoms. The Morgan fingerprint density at radius 3 is 0.676 bits per heavy atom. The highest BCUT2D eigenvalue weighted by Gasteiger charge is 1.94. The second kappa shape index (κ2) is 40.9. The molecule has 0 aromatic heterocycles. The molecule has 0 aliphatic rings. The van der Waals surface area contributed by atoms with Crippen LogP contribution in [0.15, 0.2) is 0 Å². The molecule has 0 heterocycles. The fourth-order valence-corrected chi connectivity index (χ4v) is 0.757. The van der Waals surface area contributed by atoms with Gasteiger partial charge in [-0.25, -0.2) is 0 Å². The molecule has 14 nitrogen and oxygen atoms in total. The van der Waals surface area contributed by atoms with Crippen molar-refractivity contribution in [2.24, 2.45) is 0 Å². The lowest BCUT2D eigenvalue weighted by atomic mass is 10.4. The van der Waals surface area contributed by atoms with Crippen LogP contribution in [-0.4, -0.2) is 114 Å². The molecule has 208 valence electrons. The largest absolute Gasteiger partial charge is 0.481 e. The zero-order chi connectivity index (χ0) is 28.5. The summed E-state index contributed by atoms with van der Waals surface area (Å²) >= 11 is 0. The van der Waals surface area contributed by atoms with E-state index in [1.807, 2.05) is 20.8 Å². The number of aliphatic carboxylic acids is 4. The van der Waals surface area contributed by atoms with E-state index >= 15 is 0 Å². The Kier molecular flexibility index (Phi) is 54.4. The van der Waals surface area contributed by atoms with E-state index in [1.165, 1.54) is 0 Å². The lowest BCUT2D eigenvalue weighted by Crippen LogP contribution is -2.15. The standard InChI is InChI=1S/3C4H8O2.2C3H8O3.C2H4O2/c3*1-2-3-4(5)6;2*4-1-3(6)2-5;1-2(3)4/h3*2-3H2,1H3,(H,5,6);2*3-6H,1-2H2;1H3,(H,3,4). The summed E-state index contributed by atoms with van der Waals surface area (Å²) in [6, 6.07) is 0. The molecule has 0 spiro atoms. The van der Waals surface area contributed by atoms with Crippen LogP contribution in [0.4, 0.5) is 0 Å². The molecule has 0 aliphatic carbocycles. The molecule has 0 radical (unpaired) electrons. The molecular formula is C20H44O14. The molecule has 0 aromatic carbocycles. The van der Waals surface area contributed by atoms with Gasteiger partial charge >= 0.3 is 17.9 Å². The van der Waals surface area contributed by atoms with Crippen molar-refractivity contribution in [3.8, 4) is 0 Å². The van der Waals surface area contributed by atoms with Crippen LogP contribution < -0.4 is 0 Å². The average molecular weight is 509 g/mol. The van der Waals surface area contributed by atoms with Crippen LogP contribution in [0.1, 0.15) is 66.2 Å². The molecule has 0 unspecified atom stereocenters. The summed E-state index contributed by atoms with van der Waals surface area (Å²) in [6.45, 7) is 5.15. The third-order valence-electron chi connectivity index (χ3n) is 2.23. The smallest absolute Gasteiger partial charge is 0.303 e. The number of carboxylic acids is 4. The summed E-state index contributed by atoms with van der Waals surface area (Å²) < 4.78 is 0. The second-order valence-corrected chi connectivity index (χ2v) is 5.99. The van der Waals surface area contributed by atoms with Crippen molar-refractivity contribution >= 4 is 23.9 Å². The Bertz CT molecular complexity index is 383. The van der Waals surface area contributed by atoms with Gasteiger partial charge in [-0.05, 0) is 19.3 Å². The van der Waals surface area contributed by atoms with E-state index in [1.54, 1.807) is 0 Å². The van der Waals surface area contributed by atoms with Crippen molar-refractivity contribution in [3.63, 3.8) is 0 Å². The summed E-state index contributed by atoms with van der Waals surface area (Å²) in [6.07, 6.45) is 1.16. The number of carbonyl (C=O) groups is 4. The zero-order valence-corrected chi connectivity index (χ0v) is 20.3. The number of hydrogen-bond acceptors (Lipinski definition) is 10. The van der Waals surface area contributed by atoms with Gasteiger partial charge in [-0.15, -0.1) is 0 Å². The third kappa shape index (κ3) is 113. The van der Waals surface area contributed by atoms with Crippen LogP contribution in [0.25, 0.3) is 0 Å². The van der Waals surface area contributed by atoms with Gasteiger partial charge in [-0.3, -0.25) is 19.2 Å². The SMILES string of the molecule is CC(=O)O.CCCC(=O)O.CCCC(=O)O.CCCC(=O)O.OCC(O)CO.OCC(O)CO. The van der Waals surface area contributed by atoms with Crippen LogP contribution in [0.3, 0.4) is 0 Å². The van der Waals surface area contributed by atoms with Crippen molar-refractivity contribution in [1.82, 2.24) is 0 Å². The molecular weight excluding hydrogens is 464 g/mol. The first kappa shape index (κ1) is 45.2. The summed E-state index contributed by atoms with van der Waals surface area (Å²) in [5, 5.41) is 79.2. The molecule has 0 atom stereocenters. The van der Waals surface area contributed by atoms with Crippen LogP contribution in [-0.2, 0) is 19.2 Å². The first-order chi connectivity index (χ1) is 15.7. The average Bonchev–Trinajstić information content (AvgIpc) is 2.73. The molecule has 34 heavy (non-hydrogen) atoms. The van der Waals surface area contributed by atoms with Crippen molar-refractivity contribution in [3.05, 3.63) is 0 Å². The van der Waals surface area contributed by atoms with E-state index < -0.39 is 36.1 Å². The lowest BCUT2D eigenvalue weighted by molar-refractivity contribution is -0.138. The molecule has 0 saturated heterocycles. The van der Waals surface area contributed by atoms with E-state index in [0.29, 0.717) is 19.3 Å². The van der Waals surface area contributed by atoms with Crippen LogP contribution >= 0.6 is 0 Å². The fourth-order valence-electron chi connectivity index (χ4n) is 0.757. The van der Waals surface area contributed by atoms with E-state index in [4.69, 9.17) is 55.9 Å². The third-order valence-corrected chi connectivity index (χ3v) is 2.23. The van der Waals surface area contributed by atoms with E-state index in [9.17, 15) is 14.4 Å². The molecule has 0 rings (SSSR count). The highest BCUT2D eigenvalue weighted by molar-refractivity contribution is 5.67. The Morgan fingerprint density at radius 1 is 0.529 bits per heavy atom. The van der Waals surface area contributed by atoms with Crippen molar-refractivity contribution in [2.45, 2.75) is 78.4 Å². The van der Waals surface area contributed by atoms with Gasteiger partial charge in [0.05, 0.1) is 26.4 Å². The van der Waals surface area contributed by atoms with Crippen molar-refractivity contribution < 1.29 is 70.2 Å². The maximum Gasteiger partial charge on any atom is 0.303 e. The minimum Gasteiger partial charge on any atom is -0.481 e. The van der Waals surface area contributed by atoms with Crippen LogP contribution in [0.2, 0.25) is 0 Å². The van der Waals surface area contributed by atoms with E-state index in [-0.39, 0.29) is 26.4 Å². The first-order valence-corrected chi connectivity index (χ1v) is 10.3. The first-order valence-electron chi connectivity index (χ1n) is 10.3. The number of rotatable bonds is 10. The zero-order valence-electron chi connectivity index (χ0n) is 20.3. The molecule has 10 N–H and O–H groups in total. The van der Waals surface area contributed by atoms with Gasteiger partial charge in [0.2, 0.25) is 0 Å². The van der Waals surface area contributed by atoms with Gasteiger partial charge in [-0.1, -0.05) is 20.8 Å². The number of aliphatic hydroxyl groups excluding tert-OH is 6. The fraction of sp³-hybridized carbons (Fsp3) is 0.800. The molecule has 0 aromatic rings. The summed E-state index contributed by atoms with van der Waals surface area (Å²) in [5.41, 5.74) is 0. The summed E-state index contributed by atoms with van der Waals surface area (Å²) in [4.78, 5) is 37.8. The molecule has 0 bridgehead atoms. The van der Waals surface area contributed by atoms with Crippen LogP contribution in [0, 0.1) is 0 Å². The monoisotopic (exact) mass is 508 g/mol. The van der Waals surface area contributed by atoms with Crippen LogP contribution in [0.5, 0.6) is 0 Å². The predicted octanol–water partition coefficient (Wildman–Crippen LogP) is -0.632. The number of hydrogen-bond donors (Lipinski definition) is 10. The molecule has 0 aliphatic heterocycles. The quantitative estimate of drug-likeness (QED) is 0.176. The minimum absolute atomic E-state index is 0.292. The number of carboxylic acid groups (broad SMARTS) is 4. The maximum atomic E-state index is 9.60. The Hall–Kier alpha value is -2.36. The lowest BCUT2D eigenvalue weighted by Gasteiger charge is -1.96. The van der Waals surface area contributed by atoms with Gasteiger partial charge < -0.3 is 51.1 Å². The molecule has 0 amide bonds. The van der Waals surface area contributed by atoms with Crippen molar-refractivity contribution in [2.75, 3.05) is 26.4 Å². The second-order valence-electron chi connectivity index (χ2n) is 5.99. The minimum atomic E-state index is -0.954. The van der Waals surface area contributed by atoms with E-state index in [2.05, 4.69) is 0 Å². The topological polar surface area (TPSA) is 271 Å². The van der Waals surface area contributed by atoms with Crippen molar-refractivity contribution in [1.29, 1.82) is 0 Å². The van der Waals surface area contributed by atoms with E-state index in [0.717, 1.165) is 26.2 Å². The molecule has 0 saturated carbocycles. The molecule has 0 fully saturated rings. The Balaban J connectivity index is -0.0000000695. The highest BCUT2D eigenvalue weighted by Crippen LogP contribution is 1.83. The summed E-state index contributed by atoms with van der Waals surface area (Å²) in [7, 11) is 0. The summed E-state index contributed by atoms with van der Waals surface area (Å²) in [5.74, 6) is -2.97. The van der Waals surface area contributed by atoms with Gasteiger partial charge in [0, 0.05) is 26.2 Å². The predicted molar refractivity (Wildman–Crippen MR) is 121 cm³/mol. The number of aliphatic hydroxyl groups is 6. The van der Waals surface area contributed by atoms with Gasteiger partial charge in [-0.2, -0.15) is 0 Å². The Morgan fingerprint density at radius 2 is 0.676 bits per heavy atom.